The molecule has 202 valence electrons. The predicted molar refractivity (Wildman–Crippen MR) is 152 cm³/mol. The second-order valence-electron chi connectivity index (χ2n) is 10.4. The molecule has 0 amide bonds. The summed E-state index contributed by atoms with van der Waals surface area (Å²) in [4.78, 5) is 15.6. The fourth-order valence-electron chi connectivity index (χ4n) is 4.67. The number of hydrogen-bond donors (Lipinski definition) is 1. The van der Waals surface area contributed by atoms with E-state index in [1.807, 2.05) is 30.7 Å². The fourth-order valence-corrected chi connectivity index (χ4v) is 4.67. The smallest absolute Gasteiger partial charge is 0.212 e. The highest BCUT2D eigenvalue weighted by Gasteiger charge is 2.18. The van der Waals surface area contributed by atoms with Gasteiger partial charge in [-0.1, -0.05) is 18.2 Å². The summed E-state index contributed by atoms with van der Waals surface area (Å²) in [5.41, 5.74) is 6.25. The number of aliphatic imine (C=N–C) groups is 1. The Balaban J connectivity index is 1.35. The van der Waals surface area contributed by atoms with Gasteiger partial charge < -0.3 is 14.6 Å². The van der Waals surface area contributed by atoms with E-state index in [0.29, 0.717) is 18.2 Å². The first kappa shape index (κ1) is 26.5. The van der Waals surface area contributed by atoms with Crippen LogP contribution in [0.3, 0.4) is 0 Å². The van der Waals surface area contributed by atoms with Crippen LogP contribution in [0.15, 0.2) is 66.2 Å². The molecular formula is C30H34N6O3. The molecule has 39 heavy (non-hydrogen) atoms. The van der Waals surface area contributed by atoms with Crippen LogP contribution in [-0.4, -0.2) is 68.7 Å². The standard InChI is InChI=1S/C30H34N6O3/c1-30(2,37)20-39-25-13-26(29-24(15-31-3)17-34-36(29)19-25)23-6-7-27(32-16-23)22-9-11-35(12-10-22)18-21-5-8-28(38-4)33-14-21/h5-9,13-14,16-17,19,37H,3,10-12,15,18,20H2,1-2,4H3. The molecule has 0 bridgehead atoms. The lowest BCUT2D eigenvalue weighted by Crippen LogP contribution is -2.28. The van der Waals surface area contributed by atoms with Gasteiger partial charge in [0, 0.05) is 54.8 Å². The maximum atomic E-state index is 10.1. The topological polar surface area (TPSA) is 97.4 Å². The molecule has 9 heteroatoms. The lowest BCUT2D eigenvalue weighted by Gasteiger charge is -2.26. The number of nitrogens with zero attached hydrogens (tertiary/aromatic N) is 6. The summed E-state index contributed by atoms with van der Waals surface area (Å²) < 4.78 is 12.8. The minimum Gasteiger partial charge on any atom is -0.489 e. The van der Waals surface area contributed by atoms with Crippen molar-refractivity contribution in [2.45, 2.75) is 39.0 Å². The van der Waals surface area contributed by atoms with Crippen molar-refractivity contribution in [3.63, 3.8) is 0 Å². The lowest BCUT2D eigenvalue weighted by atomic mass is 10.0. The molecule has 0 radical (unpaired) electrons. The van der Waals surface area contributed by atoms with E-state index in [1.54, 1.807) is 31.7 Å². The largest absolute Gasteiger partial charge is 0.489 e. The average Bonchev–Trinajstić information content (AvgIpc) is 3.35. The first-order valence-corrected chi connectivity index (χ1v) is 13.0. The van der Waals surface area contributed by atoms with Crippen molar-refractivity contribution in [1.82, 2.24) is 24.5 Å². The van der Waals surface area contributed by atoms with E-state index in [-0.39, 0.29) is 6.61 Å². The quantitative estimate of drug-likeness (QED) is 0.305. The molecule has 1 aliphatic rings. The van der Waals surface area contributed by atoms with Crippen molar-refractivity contribution in [1.29, 1.82) is 0 Å². The fraction of sp³-hybridized carbons (Fsp3) is 0.333. The molecule has 5 rings (SSSR count). The van der Waals surface area contributed by atoms with Gasteiger partial charge >= 0.3 is 0 Å². The monoisotopic (exact) mass is 526 g/mol. The number of aromatic nitrogens is 4. The molecule has 0 saturated heterocycles. The normalized spacial score (nSPS) is 14.3. The second-order valence-corrected chi connectivity index (χ2v) is 10.4. The Bertz CT molecular complexity index is 1470. The Hall–Kier alpha value is -4.08. The summed E-state index contributed by atoms with van der Waals surface area (Å²) in [6.45, 7) is 10.4. The molecule has 5 heterocycles. The molecule has 0 unspecified atom stereocenters. The van der Waals surface area contributed by atoms with E-state index in [1.165, 1.54) is 11.1 Å². The first-order valence-electron chi connectivity index (χ1n) is 13.0. The van der Waals surface area contributed by atoms with Crippen LogP contribution in [0.5, 0.6) is 11.6 Å². The summed E-state index contributed by atoms with van der Waals surface area (Å²) >= 11 is 0. The molecule has 0 spiro atoms. The van der Waals surface area contributed by atoms with Gasteiger partial charge in [0.05, 0.1) is 42.9 Å². The lowest BCUT2D eigenvalue weighted by molar-refractivity contribution is 0.0283. The number of pyridine rings is 3. The summed E-state index contributed by atoms with van der Waals surface area (Å²) in [6.07, 6.45) is 10.6. The third-order valence-electron chi connectivity index (χ3n) is 6.65. The summed E-state index contributed by atoms with van der Waals surface area (Å²) in [5, 5.41) is 14.6. The van der Waals surface area contributed by atoms with E-state index in [2.05, 4.69) is 51.0 Å². The zero-order valence-electron chi connectivity index (χ0n) is 22.7. The van der Waals surface area contributed by atoms with Crippen LogP contribution < -0.4 is 9.47 Å². The molecule has 0 fully saturated rings. The van der Waals surface area contributed by atoms with Gasteiger partial charge in [-0.3, -0.25) is 14.9 Å². The third-order valence-corrected chi connectivity index (χ3v) is 6.65. The van der Waals surface area contributed by atoms with Gasteiger partial charge in [0.25, 0.3) is 0 Å². The van der Waals surface area contributed by atoms with Gasteiger partial charge in [0.1, 0.15) is 12.4 Å². The summed E-state index contributed by atoms with van der Waals surface area (Å²) in [5.74, 6) is 1.25. The maximum Gasteiger partial charge on any atom is 0.212 e. The molecule has 0 atom stereocenters. The number of hydrogen-bond acceptors (Lipinski definition) is 8. The third kappa shape index (κ3) is 6.32. The maximum absolute atomic E-state index is 10.1. The molecule has 4 aromatic rings. The van der Waals surface area contributed by atoms with Crippen LogP contribution in [0, 0.1) is 0 Å². The molecule has 4 aromatic heterocycles. The van der Waals surface area contributed by atoms with Gasteiger partial charge in [-0.15, -0.1) is 0 Å². The zero-order valence-corrected chi connectivity index (χ0v) is 22.7. The zero-order chi connectivity index (χ0) is 27.4. The van der Waals surface area contributed by atoms with Crippen molar-refractivity contribution in [3.8, 4) is 22.8 Å². The van der Waals surface area contributed by atoms with Gasteiger partial charge in [-0.05, 0) is 50.3 Å². The van der Waals surface area contributed by atoms with Crippen molar-refractivity contribution >= 4 is 17.8 Å². The van der Waals surface area contributed by atoms with E-state index < -0.39 is 5.60 Å². The minimum atomic E-state index is -0.949. The van der Waals surface area contributed by atoms with Crippen molar-refractivity contribution < 1.29 is 14.6 Å². The highest BCUT2D eigenvalue weighted by Crippen LogP contribution is 2.32. The molecule has 0 aliphatic carbocycles. The number of aliphatic hydroxyl groups is 1. The molecule has 0 saturated carbocycles. The SMILES string of the molecule is C=NCc1cnn2cc(OCC(C)(C)O)cc(-c3ccc(C4=CCN(Cc5ccc(OC)nc5)CC4)nc3)c12. The first-order chi connectivity index (χ1) is 18.8. The van der Waals surface area contributed by atoms with Crippen molar-refractivity contribution in [2.75, 3.05) is 26.8 Å². The molecule has 0 aromatic carbocycles. The van der Waals surface area contributed by atoms with Crippen LogP contribution in [-0.2, 0) is 13.1 Å². The summed E-state index contributed by atoms with van der Waals surface area (Å²) in [7, 11) is 1.63. The van der Waals surface area contributed by atoms with Crippen LogP contribution in [0.4, 0.5) is 0 Å². The second kappa shape index (κ2) is 11.3. The van der Waals surface area contributed by atoms with E-state index in [9.17, 15) is 5.11 Å². The highest BCUT2D eigenvalue weighted by molar-refractivity contribution is 5.83. The van der Waals surface area contributed by atoms with Crippen LogP contribution in [0.1, 0.15) is 37.1 Å². The van der Waals surface area contributed by atoms with E-state index in [4.69, 9.17) is 14.5 Å². The van der Waals surface area contributed by atoms with Gasteiger partial charge in [0.2, 0.25) is 5.88 Å². The summed E-state index contributed by atoms with van der Waals surface area (Å²) in [6, 6.07) is 10.1. The Morgan fingerprint density at radius 2 is 2.00 bits per heavy atom. The van der Waals surface area contributed by atoms with Crippen LogP contribution in [0.25, 0.3) is 22.2 Å². The molecule has 1 N–H and O–H groups in total. The number of fused-ring (bicyclic) bond motifs is 1. The molecular weight excluding hydrogens is 492 g/mol. The van der Waals surface area contributed by atoms with Crippen LogP contribution in [0.2, 0.25) is 0 Å². The van der Waals surface area contributed by atoms with E-state index >= 15 is 0 Å². The van der Waals surface area contributed by atoms with Crippen molar-refractivity contribution in [3.05, 3.63) is 78.0 Å². The van der Waals surface area contributed by atoms with E-state index in [0.717, 1.165) is 54.0 Å². The highest BCUT2D eigenvalue weighted by atomic mass is 16.5. The Labute approximate surface area is 228 Å². The Morgan fingerprint density at radius 3 is 2.64 bits per heavy atom. The molecule has 9 nitrogen and oxygen atoms in total. The molecule has 1 aliphatic heterocycles. The minimum absolute atomic E-state index is 0.164. The average molecular weight is 527 g/mol. The number of methoxy groups -OCH3 is 1. The van der Waals surface area contributed by atoms with Crippen molar-refractivity contribution in [2.24, 2.45) is 4.99 Å². The Morgan fingerprint density at radius 1 is 1.13 bits per heavy atom. The number of ether oxygens (including phenoxy) is 2. The number of rotatable bonds is 10. The van der Waals surface area contributed by atoms with Crippen LogP contribution >= 0.6 is 0 Å². The Kier molecular flexibility index (Phi) is 7.72. The van der Waals surface area contributed by atoms with Gasteiger partial charge in [-0.25, -0.2) is 9.50 Å². The van der Waals surface area contributed by atoms with Gasteiger partial charge in [0.15, 0.2) is 0 Å². The van der Waals surface area contributed by atoms with Gasteiger partial charge in [-0.2, -0.15) is 5.10 Å². The predicted octanol–water partition coefficient (Wildman–Crippen LogP) is 4.44.